The zero-order valence-electron chi connectivity index (χ0n) is 10.8. The molecule has 18 heavy (non-hydrogen) atoms. The van der Waals surface area contributed by atoms with Crippen LogP contribution in [0.25, 0.3) is 5.65 Å². The van der Waals surface area contributed by atoms with Crippen LogP contribution in [0.1, 0.15) is 25.2 Å². The number of hydrogen-bond donors (Lipinski definition) is 1. The molecule has 0 amide bonds. The molecule has 0 bridgehead atoms. The van der Waals surface area contributed by atoms with Gasteiger partial charge in [-0.1, -0.05) is 13.8 Å². The standard InChI is InChI=1S/C10H9IN4S.C2H6/c1-7-5-13-10-9(12-2)14-8(3-4-16-11)6-15(7)10;1-2/h5-6H,1-2H3,(H,12,14);1-2H3. The van der Waals surface area contributed by atoms with Gasteiger partial charge in [-0.2, -0.15) is 0 Å². The molecule has 0 aromatic carbocycles. The summed E-state index contributed by atoms with van der Waals surface area (Å²) < 4.78 is 1.99. The Morgan fingerprint density at radius 1 is 1.44 bits per heavy atom. The molecule has 0 radical (unpaired) electrons. The van der Waals surface area contributed by atoms with Crippen molar-refractivity contribution in [2.45, 2.75) is 20.8 Å². The number of aromatic nitrogens is 3. The van der Waals surface area contributed by atoms with Crippen LogP contribution >= 0.6 is 30.1 Å². The molecule has 0 fully saturated rings. The molecule has 0 aliphatic carbocycles. The van der Waals surface area contributed by atoms with Gasteiger partial charge >= 0.3 is 0 Å². The maximum Gasteiger partial charge on any atom is 0.180 e. The fourth-order valence-electron chi connectivity index (χ4n) is 1.41. The zero-order valence-corrected chi connectivity index (χ0v) is 13.8. The second-order valence-corrected chi connectivity index (χ2v) is 4.80. The monoisotopic (exact) mass is 374 g/mol. The largest absolute Gasteiger partial charge is 0.370 e. The topological polar surface area (TPSA) is 42.2 Å². The Morgan fingerprint density at radius 3 is 2.78 bits per heavy atom. The van der Waals surface area contributed by atoms with Crippen LogP contribution in [-0.4, -0.2) is 21.4 Å². The molecule has 96 valence electrons. The smallest absolute Gasteiger partial charge is 0.180 e. The van der Waals surface area contributed by atoms with Crippen molar-refractivity contribution < 1.29 is 0 Å². The molecular formula is C12H15IN4S. The molecule has 2 heterocycles. The van der Waals surface area contributed by atoms with E-state index >= 15 is 0 Å². The molecule has 2 aromatic heterocycles. The van der Waals surface area contributed by atoms with Crippen molar-refractivity contribution in [3.05, 3.63) is 23.8 Å². The molecule has 6 heteroatoms. The predicted molar refractivity (Wildman–Crippen MR) is 87.1 cm³/mol. The SMILES string of the molecule is CC.CNc1nc(C#CSI)cn2c(C)cnc12. The summed E-state index contributed by atoms with van der Waals surface area (Å²) in [6.45, 7) is 6.00. The lowest BCUT2D eigenvalue weighted by atomic mass is 10.4. The third-order valence-electron chi connectivity index (χ3n) is 2.13. The van der Waals surface area contributed by atoms with E-state index in [0.717, 1.165) is 22.9 Å². The van der Waals surface area contributed by atoms with E-state index in [1.165, 1.54) is 8.93 Å². The number of aryl methyl sites for hydroxylation is 1. The summed E-state index contributed by atoms with van der Waals surface area (Å²) in [6, 6.07) is 0. The van der Waals surface area contributed by atoms with Crippen LogP contribution in [0.4, 0.5) is 5.82 Å². The van der Waals surface area contributed by atoms with Gasteiger partial charge < -0.3 is 5.32 Å². The fourth-order valence-corrected chi connectivity index (χ4v) is 1.88. The number of hydrogen-bond acceptors (Lipinski definition) is 4. The Labute approximate surface area is 124 Å². The molecular weight excluding hydrogens is 359 g/mol. The van der Waals surface area contributed by atoms with Gasteiger partial charge in [0.2, 0.25) is 0 Å². The third-order valence-corrected chi connectivity index (χ3v) is 2.97. The van der Waals surface area contributed by atoms with Gasteiger partial charge in [-0.15, -0.1) is 0 Å². The lowest BCUT2D eigenvalue weighted by molar-refractivity contribution is 1.06. The van der Waals surface area contributed by atoms with Crippen molar-refractivity contribution in [3.8, 4) is 11.2 Å². The van der Waals surface area contributed by atoms with Crippen molar-refractivity contribution >= 4 is 41.6 Å². The van der Waals surface area contributed by atoms with Crippen LogP contribution in [0, 0.1) is 18.1 Å². The highest BCUT2D eigenvalue weighted by Gasteiger charge is 2.06. The first kappa shape index (κ1) is 15.1. The lowest BCUT2D eigenvalue weighted by Gasteiger charge is -2.03. The zero-order chi connectivity index (χ0) is 13.5. The molecule has 0 aliphatic heterocycles. The lowest BCUT2D eigenvalue weighted by Crippen LogP contribution is -2.00. The minimum absolute atomic E-state index is 0.738. The highest BCUT2D eigenvalue weighted by Crippen LogP contribution is 2.15. The van der Waals surface area contributed by atoms with Gasteiger partial charge in [0.05, 0.1) is 0 Å². The van der Waals surface area contributed by atoms with E-state index in [2.05, 4.69) is 47.7 Å². The highest BCUT2D eigenvalue weighted by atomic mass is 127. The Morgan fingerprint density at radius 2 is 2.17 bits per heavy atom. The normalized spacial score (nSPS) is 9.17. The van der Waals surface area contributed by atoms with Crippen molar-refractivity contribution in [2.75, 3.05) is 12.4 Å². The van der Waals surface area contributed by atoms with E-state index in [1.807, 2.05) is 44.6 Å². The van der Waals surface area contributed by atoms with Crippen molar-refractivity contribution in [2.24, 2.45) is 0 Å². The third kappa shape index (κ3) is 3.29. The number of imidazole rings is 1. The van der Waals surface area contributed by atoms with E-state index in [1.54, 1.807) is 0 Å². The molecule has 2 rings (SSSR count). The van der Waals surface area contributed by atoms with Crippen LogP contribution in [0.2, 0.25) is 0 Å². The van der Waals surface area contributed by atoms with Crippen LogP contribution in [0.5, 0.6) is 0 Å². The number of fused-ring (bicyclic) bond motifs is 1. The van der Waals surface area contributed by atoms with Gasteiger partial charge in [-0.05, 0) is 27.0 Å². The molecule has 2 aromatic rings. The molecule has 0 spiro atoms. The molecule has 0 unspecified atom stereocenters. The average molecular weight is 374 g/mol. The number of anilines is 1. The summed E-state index contributed by atoms with van der Waals surface area (Å²) in [5, 5.41) is 5.95. The second-order valence-electron chi connectivity index (χ2n) is 3.12. The number of nitrogens with zero attached hydrogens (tertiary/aromatic N) is 3. The summed E-state index contributed by atoms with van der Waals surface area (Å²) >= 11 is 2.14. The van der Waals surface area contributed by atoms with Crippen molar-refractivity contribution in [3.63, 3.8) is 0 Å². The minimum atomic E-state index is 0.738. The molecule has 0 saturated heterocycles. The summed E-state index contributed by atoms with van der Waals surface area (Å²) in [7, 11) is 3.28. The Hall–Kier alpha value is -0.940. The maximum absolute atomic E-state index is 4.39. The van der Waals surface area contributed by atoms with Crippen molar-refractivity contribution in [1.82, 2.24) is 14.4 Å². The number of halogens is 1. The van der Waals surface area contributed by atoms with Crippen LogP contribution in [0.15, 0.2) is 12.4 Å². The molecule has 0 atom stereocenters. The van der Waals surface area contributed by atoms with E-state index in [9.17, 15) is 0 Å². The summed E-state index contributed by atoms with van der Waals surface area (Å²) in [4.78, 5) is 8.68. The number of nitrogens with one attached hydrogen (secondary N) is 1. The Bertz CT molecular complexity index is 583. The predicted octanol–water partition coefficient (Wildman–Crippen LogP) is 3.50. The van der Waals surface area contributed by atoms with Gasteiger partial charge in [0.15, 0.2) is 11.5 Å². The number of rotatable bonds is 1. The minimum Gasteiger partial charge on any atom is -0.370 e. The van der Waals surface area contributed by atoms with Gasteiger partial charge in [0, 0.05) is 46.3 Å². The first-order valence-electron chi connectivity index (χ1n) is 5.57. The summed E-state index contributed by atoms with van der Waals surface area (Å²) in [6.07, 6.45) is 3.72. The first-order valence-corrected chi connectivity index (χ1v) is 8.93. The van der Waals surface area contributed by atoms with E-state index in [0.29, 0.717) is 0 Å². The molecule has 4 nitrogen and oxygen atoms in total. The van der Waals surface area contributed by atoms with Gasteiger partial charge in [0.1, 0.15) is 5.69 Å². The first-order chi connectivity index (χ1) is 8.76. The Kier molecular flexibility index (Phi) is 6.29. The average Bonchev–Trinajstić information content (AvgIpc) is 2.80. The van der Waals surface area contributed by atoms with Gasteiger partial charge in [-0.25, -0.2) is 9.97 Å². The van der Waals surface area contributed by atoms with E-state index in [4.69, 9.17) is 0 Å². The Balaban J connectivity index is 0.000000771. The molecule has 0 aliphatic rings. The highest BCUT2D eigenvalue weighted by molar-refractivity contribution is 14.2. The van der Waals surface area contributed by atoms with Crippen LogP contribution in [0.3, 0.4) is 0 Å². The van der Waals surface area contributed by atoms with E-state index in [-0.39, 0.29) is 0 Å². The van der Waals surface area contributed by atoms with Crippen LogP contribution < -0.4 is 5.32 Å². The van der Waals surface area contributed by atoms with E-state index < -0.39 is 0 Å². The van der Waals surface area contributed by atoms with Crippen molar-refractivity contribution in [1.29, 1.82) is 0 Å². The summed E-state index contributed by atoms with van der Waals surface area (Å²) in [5.41, 5.74) is 2.63. The van der Waals surface area contributed by atoms with Gasteiger partial charge in [0.25, 0.3) is 0 Å². The van der Waals surface area contributed by atoms with Gasteiger partial charge in [-0.3, -0.25) is 4.40 Å². The quantitative estimate of drug-likeness (QED) is 0.613. The molecule has 1 N–H and O–H groups in total. The van der Waals surface area contributed by atoms with Crippen LogP contribution in [-0.2, 0) is 0 Å². The summed E-state index contributed by atoms with van der Waals surface area (Å²) in [5.74, 6) is 3.73. The molecule has 0 saturated carbocycles. The second kappa shape index (κ2) is 7.48. The maximum atomic E-state index is 4.39. The fraction of sp³-hybridized carbons (Fsp3) is 0.333.